The molecule has 0 fully saturated rings. The normalized spacial score (nSPS) is 10.4. The first kappa shape index (κ1) is 13.6. The molecule has 1 aromatic rings. The molecule has 0 aliphatic rings. The third-order valence-electron chi connectivity index (χ3n) is 1.94. The summed E-state index contributed by atoms with van der Waals surface area (Å²) in [5.74, 6) is 0.418. The van der Waals surface area contributed by atoms with Gasteiger partial charge in [-0.2, -0.15) is 0 Å². The van der Waals surface area contributed by atoms with Crippen molar-refractivity contribution in [1.29, 1.82) is 0 Å². The van der Waals surface area contributed by atoms with E-state index in [1.54, 1.807) is 0 Å². The van der Waals surface area contributed by atoms with Crippen LogP contribution in [0.15, 0.2) is 16.6 Å². The molecule has 92 valence electrons. The zero-order valence-electron chi connectivity index (χ0n) is 9.47. The summed E-state index contributed by atoms with van der Waals surface area (Å²) in [5, 5.41) is 10.9. The van der Waals surface area contributed by atoms with Crippen LogP contribution in [0, 0.1) is 16.0 Å². The van der Waals surface area contributed by atoms with Crippen molar-refractivity contribution in [2.24, 2.45) is 5.92 Å². The summed E-state index contributed by atoms with van der Waals surface area (Å²) in [5.41, 5.74) is 0.0302. The Balaban J connectivity index is 3.17. The molecule has 5 nitrogen and oxygen atoms in total. The zero-order valence-corrected chi connectivity index (χ0v) is 11.1. The highest BCUT2D eigenvalue weighted by Crippen LogP contribution is 2.36. The predicted octanol–water partition coefficient (Wildman–Crippen LogP) is 3.20. The first-order chi connectivity index (χ1) is 7.95. The Bertz CT molecular complexity index is 445. The number of carbonyl (C=O) groups excluding carboxylic acids is 1. The van der Waals surface area contributed by atoms with E-state index in [0.717, 1.165) is 0 Å². The molecule has 0 aromatic heterocycles. The number of halogens is 1. The van der Waals surface area contributed by atoms with E-state index in [0.29, 0.717) is 17.4 Å². The maximum Gasteiger partial charge on any atom is 0.312 e. The number of hydrogen-bond donors (Lipinski definition) is 0. The van der Waals surface area contributed by atoms with Crippen molar-refractivity contribution in [2.45, 2.75) is 13.8 Å². The van der Waals surface area contributed by atoms with Crippen LogP contribution in [0.5, 0.6) is 5.75 Å². The first-order valence-corrected chi connectivity index (χ1v) is 5.81. The molecule has 0 bridgehead atoms. The zero-order chi connectivity index (χ0) is 13.0. The van der Waals surface area contributed by atoms with Gasteiger partial charge in [-0.1, -0.05) is 13.8 Å². The number of nitro groups is 1. The Hall–Kier alpha value is -1.43. The van der Waals surface area contributed by atoms with Gasteiger partial charge in [0.2, 0.25) is 5.75 Å². The van der Waals surface area contributed by atoms with Gasteiger partial charge in [0.15, 0.2) is 0 Å². The molecule has 17 heavy (non-hydrogen) atoms. The lowest BCUT2D eigenvalue weighted by molar-refractivity contribution is -0.386. The summed E-state index contributed by atoms with van der Waals surface area (Å²) >= 11 is 3.17. The summed E-state index contributed by atoms with van der Waals surface area (Å²) in [6, 6.07) is 2.70. The van der Waals surface area contributed by atoms with Gasteiger partial charge in [0.1, 0.15) is 6.29 Å². The summed E-state index contributed by atoms with van der Waals surface area (Å²) in [7, 11) is 0. The van der Waals surface area contributed by atoms with Gasteiger partial charge < -0.3 is 4.74 Å². The van der Waals surface area contributed by atoms with Crippen molar-refractivity contribution in [3.63, 3.8) is 0 Å². The minimum atomic E-state index is -0.562. The summed E-state index contributed by atoms with van der Waals surface area (Å²) < 4.78 is 5.80. The second kappa shape index (κ2) is 5.77. The Morgan fingerprint density at radius 2 is 2.18 bits per heavy atom. The number of rotatable bonds is 5. The van der Waals surface area contributed by atoms with Crippen LogP contribution in [0.4, 0.5) is 5.69 Å². The molecule has 6 heteroatoms. The fourth-order valence-corrected chi connectivity index (χ4v) is 1.78. The van der Waals surface area contributed by atoms with E-state index in [-0.39, 0.29) is 22.9 Å². The van der Waals surface area contributed by atoms with Crippen molar-refractivity contribution in [2.75, 3.05) is 6.61 Å². The molecule has 0 heterocycles. The number of nitro benzene ring substituents is 1. The lowest BCUT2D eigenvalue weighted by Crippen LogP contribution is -2.07. The molecule has 0 saturated carbocycles. The maximum atomic E-state index is 10.9. The van der Waals surface area contributed by atoms with Crippen molar-refractivity contribution in [3.8, 4) is 5.75 Å². The van der Waals surface area contributed by atoms with Gasteiger partial charge in [-0.3, -0.25) is 14.9 Å². The fraction of sp³-hybridized carbons (Fsp3) is 0.364. The van der Waals surface area contributed by atoms with Crippen LogP contribution in [0.2, 0.25) is 0 Å². The lowest BCUT2D eigenvalue weighted by Gasteiger charge is -2.10. The first-order valence-electron chi connectivity index (χ1n) is 5.01. The molecule has 0 aliphatic carbocycles. The molecule has 0 radical (unpaired) electrons. The van der Waals surface area contributed by atoms with E-state index in [4.69, 9.17) is 4.74 Å². The second-order valence-corrected chi connectivity index (χ2v) is 4.79. The van der Waals surface area contributed by atoms with Gasteiger partial charge in [-0.25, -0.2) is 0 Å². The molecular weight excluding hydrogens is 290 g/mol. The molecule has 0 atom stereocenters. The fourth-order valence-electron chi connectivity index (χ4n) is 1.20. The number of ether oxygens (including phenoxy) is 1. The Morgan fingerprint density at radius 1 is 1.53 bits per heavy atom. The summed E-state index contributed by atoms with van der Waals surface area (Å²) in [6.45, 7) is 4.26. The maximum absolute atomic E-state index is 10.9. The van der Waals surface area contributed by atoms with Crippen LogP contribution >= 0.6 is 15.9 Å². The smallest absolute Gasteiger partial charge is 0.312 e. The number of hydrogen-bond acceptors (Lipinski definition) is 4. The van der Waals surface area contributed by atoms with Gasteiger partial charge in [-0.05, 0) is 27.9 Å². The molecule has 0 N–H and O–H groups in total. The highest BCUT2D eigenvalue weighted by molar-refractivity contribution is 9.10. The monoisotopic (exact) mass is 301 g/mol. The molecule has 1 aromatic carbocycles. The molecule has 0 unspecified atom stereocenters. The van der Waals surface area contributed by atoms with Crippen LogP contribution in [0.1, 0.15) is 24.2 Å². The van der Waals surface area contributed by atoms with E-state index >= 15 is 0 Å². The minimum absolute atomic E-state index is 0.161. The third-order valence-corrected chi connectivity index (χ3v) is 2.53. The molecule has 0 spiro atoms. The van der Waals surface area contributed by atoms with Crippen molar-refractivity contribution >= 4 is 27.9 Å². The van der Waals surface area contributed by atoms with Crippen molar-refractivity contribution in [3.05, 3.63) is 32.3 Å². The second-order valence-electron chi connectivity index (χ2n) is 3.93. The van der Waals surface area contributed by atoms with Gasteiger partial charge in [0, 0.05) is 11.6 Å². The van der Waals surface area contributed by atoms with Crippen LogP contribution in [0.3, 0.4) is 0 Å². The molecule has 0 amide bonds. The number of nitrogens with zero attached hydrogens (tertiary/aromatic N) is 1. The average Bonchev–Trinajstić information content (AvgIpc) is 2.25. The van der Waals surface area contributed by atoms with Crippen molar-refractivity contribution < 1.29 is 14.5 Å². The van der Waals surface area contributed by atoms with Crippen LogP contribution in [0.25, 0.3) is 0 Å². The van der Waals surface area contributed by atoms with Crippen LogP contribution in [-0.4, -0.2) is 17.8 Å². The quantitative estimate of drug-likeness (QED) is 0.476. The number of aldehydes is 1. The third kappa shape index (κ3) is 3.52. The lowest BCUT2D eigenvalue weighted by atomic mass is 10.2. The number of carbonyl (C=O) groups is 1. The van der Waals surface area contributed by atoms with Gasteiger partial charge in [0.25, 0.3) is 0 Å². The Morgan fingerprint density at radius 3 is 2.65 bits per heavy atom. The average molecular weight is 302 g/mol. The van der Waals surface area contributed by atoms with E-state index in [1.165, 1.54) is 12.1 Å². The summed E-state index contributed by atoms with van der Waals surface area (Å²) in [4.78, 5) is 20.9. The van der Waals surface area contributed by atoms with E-state index in [2.05, 4.69) is 15.9 Å². The van der Waals surface area contributed by atoms with Crippen LogP contribution < -0.4 is 4.74 Å². The molecule has 0 aliphatic heterocycles. The Labute approximate surface area is 107 Å². The SMILES string of the molecule is CC(C)COc1c(Br)cc(C=O)cc1[N+](=O)[O-]. The molecule has 1 rings (SSSR count). The van der Waals surface area contributed by atoms with Crippen LogP contribution in [-0.2, 0) is 0 Å². The highest BCUT2D eigenvalue weighted by atomic mass is 79.9. The predicted molar refractivity (Wildman–Crippen MR) is 66.5 cm³/mol. The summed E-state index contributed by atoms with van der Waals surface area (Å²) in [6.07, 6.45) is 0.560. The molecule has 0 saturated heterocycles. The van der Waals surface area contributed by atoms with Gasteiger partial charge in [-0.15, -0.1) is 0 Å². The van der Waals surface area contributed by atoms with Gasteiger partial charge in [0.05, 0.1) is 16.0 Å². The van der Waals surface area contributed by atoms with E-state index in [1.807, 2.05) is 13.8 Å². The van der Waals surface area contributed by atoms with E-state index < -0.39 is 4.92 Å². The standard InChI is InChI=1S/C11H12BrNO4/c1-7(2)6-17-11-9(12)3-8(5-14)4-10(11)13(15)16/h3-5,7H,6H2,1-2H3. The topological polar surface area (TPSA) is 69.4 Å². The minimum Gasteiger partial charge on any atom is -0.486 e. The Kier molecular flexibility index (Phi) is 4.62. The van der Waals surface area contributed by atoms with E-state index in [9.17, 15) is 14.9 Å². The molecular formula is C11H12BrNO4. The van der Waals surface area contributed by atoms with Crippen molar-refractivity contribution in [1.82, 2.24) is 0 Å². The largest absolute Gasteiger partial charge is 0.486 e. The number of benzene rings is 1. The van der Waals surface area contributed by atoms with Gasteiger partial charge >= 0.3 is 5.69 Å². The highest BCUT2D eigenvalue weighted by Gasteiger charge is 2.20.